The first-order chi connectivity index (χ1) is 8.86. The van der Waals surface area contributed by atoms with Crippen LogP contribution in [0.2, 0.25) is 0 Å². The van der Waals surface area contributed by atoms with Crippen molar-refractivity contribution >= 4 is 0 Å². The predicted octanol–water partition coefficient (Wildman–Crippen LogP) is 2.63. The van der Waals surface area contributed by atoms with Crippen molar-refractivity contribution < 1.29 is 0 Å². The Morgan fingerprint density at radius 2 is 2.06 bits per heavy atom. The van der Waals surface area contributed by atoms with Gasteiger partial charge in [-0.25, -0.2) is 4.68 Å². The Morgan fingerprint density at radius 1 is 1.28 bits per heavy atom. The minimum atomic E-state index is 0.674. The summed E-state index contributed by atoms with van der Waals surface area (Å²) in [6.45, 7) is 3.93. The molecule has 18 heavy (non-hydrogen) atoms. The largest absolute Gasteiger partial charge is 0.330 e. The summed E-state index contributed by atoms with van der Waals surface area (Å²) in [6, 6.07) is 0. The fourth-order valence-corrected chi connectivity index (χ4v) is 2.99. The van der Waals surface area contributed by atoms with Crippen molar-refractivity contribution in [3.05, 3.63) is 11.4 Å². The maximum Gasteiger partial charge on any atom is 0.0874 e. The van der Waals surface area contributed by atoms with Crippen LogP contribution < -0.4 is 5.73 Å². The lowest BCUT2D eigenvalue weighted by atomic mass is 10.0. The van der Waals surface area contributed by atoms with Gasteiger partial charge in [0.25, 0.3) is 0 Å². The van der Waals surface area contributed by atoms with Crippen molar-refractivity contribution in [3.8, 4) is 0 Å². The van der Waals surface area contributed by atoms with E-state index in [0.29, 0.717) is 12.5 Å². The second-order valence-electron chi connectivity index (χ2n) is 5.37. The van der Waals surface area contributed by atoms with Crippen molar-refractivity contribution in [1.82, 2.24) is 15.0 Å². The number of hydrogen-bond donors (Lipinski definition) is 1. The summed E-state index contributed by atoms with van der Waals surface area (Å²) in [6.07, 6.45) is 9.93. The van der Waals surface area contributed by atoms with Gasteiger partial charge in [0, 0.05) is 18.9 Å². The first kappa shape index (κ1) is 13.5. The molecule has 2 rings (SSSR count). The van der Waals surface area contributed by atoms with Crippen LogP contribution in [0.25, 0.3) is 0 Å². The molecule has 0 amide bonds. The lowest BCUT2D eigenvalue weighted by Gasteiger charge is -2.13. The first-order valence-electron chi connectivity index (χ1n) is 7.49. The fraction of sp³-hybridized carbons (Fsp3) is 0.857. The molecular weight excluding hydrogens is 224 g/mol. The van der Waals surface area contributed by atoms with Crippen molar-refractivity contribution in [2.24, 2.45) is 5.73 Å². The van der Waals surface area contributed by atoms with Crippen LogP contribution in [0.15, 0.2) is 0 Å². The molecule has 1 fully saturated rings. The third-order valence-electron chi connectivity index (χ3n) is 3.94. The van der Waals surface area contributed by atoms with Gasteiger partial charge in [0.2, 0.25) is 0 Å². The summed E-state index contributed by atoms with van der Waals surface area (Å²) in [5, 5.41) is 8.72. The molecule has 1 aliphatic carbocycles. The summed E-state index contributed by atoms with van der Waals surface area (Å²) >= 11 is 0. The van der Waals surface area contributed by atoms with E-state index in [0.717, 1.165) is 18.7 Å². The molecule has 1 aliphatic rings. The van der Waals surface area contributed by atoms with Gasteiger partial charge in [-0.3, -0.25) is 0 Å². The Morgan fingerprint density at radius 3 is 2.72 bits per heavy atom. The van der Waals surface area contributed by atoms with Crippen molar-refractivity contribution in [3.63, 3.8) is 0 Å². The van der Waals surface area contributed by atoms with Gasteiger partial charge in [-0.05, 0) is 25.8 Å². The molecule has 0 aromatic carbocycles. The molecule has 2 N–H and O–H groups in total. The molecule has 1 aromatic heterocycles. The fourth-order valence-electron chi connectivity index (χ4n) is 2.99. The molecule has 1 aromatic rings. The van der Waals surface area contributed by atoms with Crippen LogP contribution in [0.5, 0.6) is 0 Å². The number of rotatable bonds is 7. The van der Waals surface area contributed by atoms with Gasteiger partial charge in [-0.1, -0.05) is 37.8 Å². The summed E-state index contributed by atoms with van der Waals surface area (Å²) in [5.41, 5.74) is 8.23. The zero-order valence-electron chi connectivity index (χ0n) is 11.6. The van der Waals surface area contributed by atoms with Gasteiger partial charge in [-0.15, -0.1) is 5.10 Å². The number of nitrogens with two attached hydrogens (primary N) is 1. The van der Waals surface area contributed by atoms with Gasteiger partial charge < -0.3 is 5.73 Å². The SMILES string of the molecule is CCCCCn1nnc(CCN)c1C1CCCC1. The summed E-state index contributed by atoms with van der Waals surface area (Å²) in [5.74, 6) is 0.683. The number of hydrogen-bond acceptors (Lipinski definition) is 3. The Labute approximate surface area is 110 Å². The second kappa shape index (κ2) is 6.88. The molecule has 0 atom stereocenters. The van der Waals surface area contributed by atoms with Crippen LogP contribution in [-0.4, -0.2) is 21.5 Å². The minimum Gasteiger partial charge on any atom is -0.330 e. The quantitative estimate of drug-likeness (QED) is 0.757. The van der Waals surface area contributed by atoms with Crippen LogP contribution in [0.4, 0.5) is 0 Å². The Balaban J connectivity index is 2.11. The van der Waals surface area contributed by atoms with Crippen LogP contribution in [0.3, 0.4) is 0 Å². The summed E-state index contributed by atoms with van der Waals surface area (Å²) in [7, 11) is 0. The van der Waals surface area contributed by atoms with Crippen LogP contribution in [-0.2, 0) is 13.0 Å². The molecule has 0 radical (unpaired) electrons. The van der Waals surface area contributed by atoms with E-state index in [1.807, 2.05) is 0 Å². The molecule has 102 valence electrons. The lowest BCUT2D eigenvalue weighted by Crippen LogP contribution is -2.11. The Hall–Kier alpha value is -0.900. The highest BCUT2D eigenvalue weighted by Crippen LogP contribution is 2.35. The number of unbranched alkanes of at least 4 members (excludes halogenated alkanes) is 2. The third kappa shape index (κ3) is 3.10. The van der Waals surface area contributed by atoms with E-state index >= 15 is 0 Å². The maximum atomic E-state index is 5.68. The van der Waals surface area contributed by atoms with Gasteiger partial charge in [-0.2, -0.15) is 0 Å². The Kier molecular flexibility index (Phi) is 5.17. The van der Waals surface area contributed by atoms with Crippen LogP contribution in [0.1, 0.15) is 69.2 Å². The summed E-state index contributed by atoms with van der Waals surface area (Å²) < 4.78 is 2.16. The normalized spacial score (nSPS) is 16.6. The average Bonchev–Trinajstić information content (AvgIpc) is 2.99. The Bertz CT molecular complexity index is 353. The van der Waals surface area contributed by atoms with Crippen molar-refractivity contribution in [1.29, 1.82) is 0 Å². The molecule has 0 spiro atoms. The first-order valence-corrected chi connectivity index (χ1v) is 7.49. The molecule has 1 heterocycles. The number of aromatic nitrogens is 3. The number of aryl methyl sites for hydroxylation is 1. The molecule has 0 saturated heterocycles. The standard InChI is InChI=1S/C14H26N4/c1-2-3-6-11-18-14(12-7-4-5-8-12)13(9-10-15)16-17-18/h12H,2-11,15H2,1H3. The predicted molar refractivity (Wildman–Crippen MR) is 73.5 cm³/mol. The molecule has 0 unspecified atom stereocenters. The molecule has 4 heteroatoms. The van der Waals surface area contributed by atoms with E-state index < -0.39 is 0 Å². The summed E-state index contributed by atoms with van der Waals surface area (Å²) in [4.78, 5) is 0. The third-order valence-corrected chi connectivity index (χ3v) is 3.94. The van der Waals surface area contributed by atoms with E-state index in [4.69, 9.17) is 5.73 Å². The highest BCUT2D eigenvalue weighted by Gasteiger charge is 2.24. The molecular formula is C14H26N4. The van der Waals surface area contributed by atoms with Gasteiger partial charge in [0.1, 0.15) is 0 Å². The van der Waals surface area contributed by atoms with E-state index in [-0.39, 0.29) is 0 Å². The highest BCUT2D eigenvalue weighted by atomic mass is 15.4. The van der Waals surface area contributed by atoms with Crippen LogP contribution >= 0.6 is 0 Å². The zero-order valence-corrected chi connectivity index (χ0v) is 11.6. The van der Waals surface area contributed by atoms with E-state index in [1.165, 1.54) is 50.6 Å². The van der Waals surface area contributed by atoms with Crippen molar-refractivity contribution in [2.75, 3.05) is 6.54 Å². The maximum absolute atomic E-state index is 5.68. The number of nitrogens with zero attached hydrogens (tertiary/aromatic N) is 3. The average molecular weight is 250 g/mol. The smallest absolute Gasteiger partial charge is 0.0874 e. The van der Waals surface area contributed by atoms with E-state index in [1.54, 1.807) is 0 Å². The second-order valence-corrected chi connectivity index (χ2v) is 5.37. The monoisotopic (exact) mass is 250 g/mol. The molecule has 1 saturated carbocycles. The topological polar surface area (TPSA) is 56.7 Å². The van der Waals surface area contributed by atoms with E-state index in [9.17, 15) is 0 Å². The van der Waals surface area contributed by atoms with Gasteiger partial charge in [0.15, 0.2) is 0 Å². The molecule has 0 aliphatic heterocycles. The van der Waals surface area contributed by atoms with E-state index in [2.05, 4.69) is 21.9 Å². The van der Waals surface area contributed by atoms with Gasteiger partial charge >= 0.3 is 0 Å². The highest BCUT2D eigenvalue weighted by molar-refractivity contribution is 5.17. The molecule has 4 nitrogen and oxygen atoms in total. The zero-order chi connectivity index (χ0) is 12.8. The van der Waals surface area contributed by atoms with Crippen molar-refractivity contribution in [2.45, 2.75) is 70.8 Å². The molecule has 0 bridgehead atoms. The van der Waals surface area contributed by atoms with Gasteiger partial charge in [0.05, 0.1) is 11.4 Å². The minimum absolute atomic E-state index is 0.674. The van der Waals surface area contributed by atoms with Crippen LogP contribution in [0, 0.1) is 0 Å². The lowest BCUT2D eigenvalue weighted by molar-refractivity contribution is 0.498.